The molecule has 2 N–H and O–H groups in total. The number of carbonyl (C=O) groups excluding carboxylic acids is 1. The SMILES string of the molecule is Cc1cc(C)cc(NC(=O)c2cc(NCc3ccccn3)ncn2)c1. The van der Waals surface area contributed by atoms with Crippen LogP contribution in [0.5, 0.6) is 0 Å². The number of carbonyl (C=O) groups is 1. The topological polar surface area (TPSA) is 79.8 Å². The number of hydrogen-bond donors (Lipinski definition) is 2. The average molecular weight is 333 g/mol. The minimum atomic E-state index is -0.270. The first-order chi connectivity index (χ1) is 12.1. The summed E-state index contributed by atoms with van der Waals surface area (Å²) in [5, 5.41) is 6.02. The third kappa shape index (κ3) is 4.60. The molecule has 0 unspecified atom stereocenters. The van der Waals surface area contributed by atoms with Crippen LogP contribution in [0.15, 0.2) is 55.0 Å². The van der Waals surface area contributed by atoms with Gasteiger partial charge in [-0.25, -0.2) is 9.97 Å². The Bertz CT molecular complexity index is 860. The molecule has 0 aliphatic heterocycles. The van der Waals surface area contributed by atoms with E-state index in [0.717, 1.165) is 22.5 Å². The quantitative estimate of drug-likeness (QED) is 0.748. The number of anilines is 2. The zero-order valence-electron chi connectivity index (χ0n) is 14.2. The van der Waals surface area contributed by atoms with E-state index in [4.69, 9.17) is 0 Å². The van der Waals surface area contributed by atoms with Gasteiger partial charge in [-0.3, -0.25) is 9.78 Å². The molecule has 1 amide bonds. The normalized spacial score (nSPS) is 10.3. The van der Waals surface area contributed by atoms with E-state index < -0.39 is 0 Å². The van der Waals surface area contributed by atoms with Crippen molar-refractivity contribution in [2.75, 3.05) is 10.6 Å². The van der Waals surface area contributed by atoms with Gasteiger partial charge in [0.1, 0.15) is 17.8 Å². The molecular weight excluding hydrogens is 314 g/mol. The fourth-order valence-corrected chi connectivity index (χ4v) is 2.50. The second-order valence-corrected chi connectivity index (χ2v) is 5.79. The summed E-state index contributed by atoms with van der Waals surface area (Å²) < 4.78 is 0. The number of aryl methyl sites for hydroxylation is 2. The van der Waals surface area contributed by atoms with E-state index in [0.29, 0.717) is 18.1 Å². The summed E-state index contributed by atoms with van der Waals surface area (Å²) in [7, 11) is 0. The molecule has 1 aromatic carbocycles. The average Bonchev–Trinajstić information content (AvgIpc) is 2.60. The molecule has 6 heteroatoms. The van der Waals surface area contributed by atoms with Crippen LogP contribution in [0, 0.1) is 13.8 Å². The number of aromatic nitrogens is 3. The van der Waals surface area contributed by atoms with Crippen molar-refractivity contribution in [2.24, 2.45) is 0 Å². The molecule has 0 radical (unpaired) electrons. The molecule has 0 saturated heterocycles. The van der Waals surface area contributed by atoms with Crippen LogP contribution in [-0.4, -0.2) is 20.9 Å². The molecule has 0 atom stereocenters. The van der Waals surface area contributed by atoms with Crippen molar-refractivity contribution < 1.29 is 4.79 Å². The fraction of sp³-hybridized carbons (Fsp3) is 0.158. The summed E-state index contributed by atoms with van der Waals surface area (Å²) >= 11 is 0. The maximum absolute atomic E-state index is 12.4. The van der Waals surface area contributed by atoms with Crippen molar-refractivity contribution >= 4 is 17.4 Å². The summed E-state index contributed by atoms with van der Waals surface area (Å²) in [6.45, 7) is 4.51. The van der Waals surface area contributed by atoms with Crippen molar-refractivity contribution in [3.05, 3.63) is 77.5 Å². The molecule has 0 bridgehead atoms. The maximum atomic E-state index is 12.4. The van der Waals surface area contributed by atoms with Crippen LogP contribution >= 0.6 is 0 Å². The van der Waals surface area contributed by atoms with Gasteiger partial charge in [-0.15, -0.1) is 0 Å². The molecule has 6 nitrogen and oxygen atoms in total. The van der Waals surface area contributed by atoms with Crippen molar-refractivity contribution in [1.82, 2.24) is 15.0 Å². The van der Waals surface area contributed by atoms with Gasteiger partial charge in [-0.2, -0.15) is 0 Å². The molecule has 3 aromatic rings. The van der Waals surface area contributed by atoms with Gasteiger partial charge < -0.3 is 10.6 Å². The molecule has 25 heavy (non-hydrogen) atoms. The van der Waals surface area contributed by atoms with E-state index in [9.17, 15) is 4.79 Å². The first-order valence-electron chi connectivity index (χ1n) is 7.95. The molecule has 2 aromatic heterocycles. The van der Waals surface area contributed by atoms with Crippen molar-refractivity contribution in [3.63, 3.8) is 0 Å². The molecule has 0 fully saturated rings. The lowest BCUT2D eigenvalue weighted by Gasteiger charge is -2.09. The summed E-state index contributed by atoms with van der Waals surface area (Å²) in [6.07, 6.45) is 3.11. The van der Waals surface area contributed by atoms with Crippen LogP contribution < -0.4 is 10.6 Å². The number of benzene rings is 1. The van der Waals surface area contributed by atoms with Crippen LogP contribution in [0.1, 0.15) is 27.3 Å². The van der Waals surface area contributed by atoms with Crippen molar-refractivity contribution in [3.8, 4) is 0 Å². The number of pyridine rings is 1. The van der Waals surface area contributed by atoms with Crippen LogP contribution in [0.2, 0.25) is 0 Å². The number of amides is 1. The van der Waals surface area contributed by atoms with Gasteiger partial charge in [0.25, 0.3) is 5.91 Å². The molecule has 126 valence electrons. The van der Waals surface area contributed by atoms with Crippen LogP contribution in [0.25, 0.3) is 0 Å². The minimum absolute atomic E-state index is 0.270. The Labute approximate surface area is 146 Å². The van der Waals surface area contributed by atoms with Crippen molar-refractivity contribution in [2.45, 2.75) is 20.4 Å². The summed E-state index contributed by atoms with van der Waals surface area (Å²) in [4.78, 5) is 24.9. The number of rotatable bonds is 5. The Morgan fingerprint density at radius 3 is 2.52 bits per heavy atom. The van der Waals surface area contributed by atoms with E-state index in [1.54, 1.807) is 12.3 Å². The Balaban J connectivity index is 1.68. The van der Waals surface area contributed by atoms with E-state index in [2.05, 4.69) is 31.7 Å². The minimum Gasteiger partial charge on any atom is -0.364 e. The smallest absolute Gasteiger partial charge is 0.274 e. The van der Waals surface area contributed by atoms with Crippen LogP contribution in [0.3, 0.4) is 0 Å². The number of hydrogen-bond acceptors (Lipinski definition) is 5. The second-order valence-electron chi connectivity index (χ2n) is 5.79. The number of nitrogens with one attached hydrogen (secondary N) is 2. The van der Waals surface area contributed by atoms with Gasteiger partial charge in [0.2, 0.25) is 0 Å². The Hall–Kier alpha value is -3.28. The fourth-order valence-electron chi connectivity index (χ4n) is 2.50. The molecule has 3 rings (SSSR count). The summed E-state index contributed by atoms with van der Waals surface area (Å²) in [5.41, 5.74) is 4.13. The first kappa shape index (κ1) is 16.6. The molecule has 0 aliphatic rings. The third-order valence-electron chi connectivity index (χ3n) is 3.56. The number of nitrogens with zero attached hydrogens (tertiary/aromatic N) is 3. The molecular formula is C19H19N5O. The highest BCUT2D eigenvalue weighted by molar-refractivity contribution is 6.03. The van der Waals surface area contributed by atoms with Crippen LogP contribution in [0.4, 0.5) is 11.5 Å². The van der Waals surface area contributed by atoms with E-state index in [1.165, 1.54) is 6.33 Å². The zero-order valence-corrected chi connectivity index (χ0v) is 14.2. The molecule has 0 spiro atoms. The van der Waals surface area contributed by atoms with Crippen LogP contribution in [-0.2, 0) is 6.54 Å². The summed E-state index contributed by atoms with van der Waals surface area (Å²) in [6, 6.07) is 13.2. The van der Waals surface area contributed by atoms with E-state index in [-0.39, 0.29) is 5.91 Å². The molecule has 0 saturated carbocycles. The Morgan fingerprint density at radius 1 is 1.00 bits per heavy atom. The van der Waals surface area contributed by atoms with Gasteiger partial charge in [0.15, 0.2) is 0 Å². The Kier molecular flexibility index (Phi) is 4.99. The molecule has 0 aliphatic carbocycles. The predicted molar refractivity (Wildman–Crippen MR) is 97.5 cm³/mol. The highest BCUT2D eigenvalue weighted by Gasteiger charge is 2.10. The van der Waals surface area contributed by atoms with Gasteiger partial charge in [-0.05, 0) is 49.2 Å². The van der Waals surface area contributed by atoms with Crippen molar-refractivity contribution in [1.29, 1.82) is 0 Å². The zero-order chi connectivity index (χ0) is 17.6. The highest BCUT2D eigenvalue weighted by atomic mass is 16.1. The summed E-state index contributed by atoms with van der Waals surface area (Å²) in [5.74, 6) is 0.305. The highest BCUT2D eigenvalue weighted by Crippen LogP contribution is 2.15. The molecule has 2 heterocycles. The van der Waals surface area contributed by atoms with E-state index >= 15 is 0 Å². The monoisotopic (exact) mass is 333 g/mol. The van der Waals surface area contributed by atoms with Gasteiger partial charge in [-0.1, -0.05) is 12.1 Å². The van der Waals surface area contributed by atoms with Gasteiger partial charge in [0.05, 0.1) is 12.2 Å². The lowest BCUT2D eigenvalue weighted by Crippen LogP contribution is -2.15. The van der Waals surface area contributed by atoms with E-state index in [1.807, 2.05) is 44.2 Å². The third-order valence-corrected chi connectivity index (χ3v) is 3.56. The second kappa shape index (κ2) is 7.53. The predicted octanol–water partition coefficient (Wildman–Crippen LogP) is 3.35. The maximum Gasteiger partial charge on any atom is 0.274 e. The lowest BCUT2D eigenvalue weighted by atomic mass is 10.1. The van der Waals surface area contributed by atoms with Gasteiger partial charge >= 0.3 is 0 Å². The van der Waals surface area contributed by atoms with Gasteiger partial charge in [0, 0.05) is 18.0 Å². The standard InChI is InChI=1S/C19H19N5O/c1-13-7-14(2)9-16(8-13)24-19(25)17-10-18(23-12-22-17)21-11-15-5-3-4-6-20-15/h3-10,12H,11H2,1-2H3,(H,24,25)(H,21,22,23). The first-order valence-corrected chi connectivity index (χ1v) is 7.95. The lowest BCUT2D eigenvalue weighted by molar-refractivity contribution is 0.102. The largest absolute Gasteiger partial charge is 0.364 e. The Morgan fingerprint density at radius 2 is 1.80 bits per heavy atom.